The Morgan fingerprint density at radius 3 is 2.62 bits per heavy atom. The molecule has 0 radical (unpaired) electrons. The van der Waals surface area contributed by atoms with Crippen molar-refractivity contribution in [2.24, 2.45) is 4.99 Å². The van der Waals surface area contributed by atoms with E-state index in [1.165, 1.54) is 12.3 Å². The second-order valence-corrected chi connectivity index (χ2v) is 2.92. The molecule has 0 aliphatic rings. The predicted octanol–water partition coefficient (Wildman–Crippen LogP) is 0.367. The molecule has 0 N–H and O–H groups in total. The van der Waals surface area contributed by atoms with Gasteiger partial charge in [-0.1, -0.05) is 0 Å². The van der Waals surface area contributed by atoms with Crippen molar-refractivity contribution in [2.45, 2.75) is 0 Å². The second-order valence-electron chi connectivity index (χ2n) is 2.46. The fourth-order valence-corrected chi connectivity index (χ4v) is 0.584. The van der Waals surface area contributed by atoms with Crippen LogP contribution in [0.5, 0.6) is 0 Å². The first kappa shape index (κ1) is 12.1. The summed E-state index contributed by atoms with van der Waals surface area (Å²) in [6, 6.07) is 0. The van der Waals surface area contributed by atoms with Crippen molar-refractivity contribution < 1.29 is 21.8 Å². The Kier molecular flexibility index (Phi) is 6.11. The zero-order chi connectivity index (χ0) is 10.3. The molecule has 0 unspecified atom stereocenters. The third kappa shape index (κ3) is 6.25. The molecule has 0 amide bonds. The van der Waals surface area contributed by atoms with Gasteiger partial charge in [0.25, 0.3) is 0 Å². The van der Waals surface area contributed by atoms with Crippen LogP contribution in [0.15, 0.2) is 23.0 Å². The van der Waals surface area contributed by atoms with E-state index < -0.39 is 0 Å². The Labute approximate surface area is 87.3 Å². The summed E-state index contributed by atoms with van der Waals surface area (Å²) in [7, 11) is 3.64. The maximum atomic E-state index is 11.1. The molecule has 69 valence electrons. The number of rotatable bonds is 5. The quantitative estimate of drug-likeness (QED) is 0.376. The first-order chi connectivity index (χ1) is 6.07. The van der Waals surface area contributed by atoms with Gasteiger partial charge in [0, 0.05) is 0 Å². The van der Waals surface area contributed by atoms with E-state index in [0.29, 0.717) is 0 Å². The van der Waals surface area contributed by atoms with E-state index in [-0.39, 0.29) is 11.5 Å². The number of allylic oxidation sites excluding steroid dienone is 1. The molecule has 0 atom stereocenters. The van der Waals surface area contributed by atoms with Crippen molar-refractivity contribution in [3.8, 4) is 0 Å². The predicted molar refractivity (Wildman–Crippen MR) is 50.2 cm³/mol. The Balaban J connectivity index is 4.20. The van der Waals surface area contributed by atoms with Crippen LogP contribution in [0.4, 0.5) is 0 Å². The van der Waals surface area contributed by atoms with E-state index in [4.69, 9.17) is 6.58 Å². The van der Waals surface area contributed by atoms with E-state index in [9.17, 15) is 4.79 Å². The molecule has 0 saturated heterocycles. The van der Waals surface area contributed by atoms with Crippen molar-refractivity contribution in [1.82, 2.24) is 4.90 Å². The van der Waals surface area contributed by atoms with Crippen molar-refractivity contribution in [2.75, 3.05) is 14.1 Å². The van der Waals surface area contributed by atoms with Gasteiger partial charge in [0.15, 0.2) is 0 Å². The number of hydrogen-bond acceptors (Lipinski definition) is 3. The van der Waals surface area contributed by atoms with Crippen LogP contribution in [0.3, 0.4) is 0 Å². The fraction of sp³-hybridized carbons (Fsp3) is 0.222. The van der Waals surface area contributed by atoms with Gasteiger partial charge < -0.3 is 0 Å². The van der Waals surface area contributed by atoms with Crippen LogP contribution in [-0.2, 0) is 21.8 Å². The Morgan fingerprint density at radius 2 is 2.15 bits per heavy atom. The van der Waals surface area contributed by atoms with E-state index in [1.807, 2.05) is 14.1 Å². The van der Waals surface area contributed by atoms with Crippen molar-refractivity contribution >= 4 is 16.7 Å². The van der Waals surface area contributed by atoms with Gasteiger partial charge in [-0.05, 0) is 0 Å². The van der Waals surface area contributed by atoms with Crippen molar-refractivity contribution in [3.05, 3.63) is 24.6 Å². The van der Waals surface area contributed by atoms with Gasteiger partial charge >= 0.3 is 87.0 Å². The van der Waals surface area contributed by atoms with Crippen LogP contribution < -0.4 is 0 Å². The van der Waals surface area contributed by atoms with E-state index in [2.05, 4.69) is 22.0 Å². The van der Waals surface area contributed by atoms with Gasteiger partial charge in [0.1, 0.15) is 0 Å². The molecule has 0 aromatic carbocycles. The molecule has 0 bridgehead atoms. The number of aliphatic imine (C=N–C) groups is 1. The summed E-state index contributed by atoms with van der Waals surface area (Å²) >= 11 is 2.20. The normalized spacial score (nSPS) is 10.5. The summed E-state index contributed by atoms with van der Waals surface area (Å²) in [4.78, 5) is 16.6. The molecule has 0 aliphatic carbocycles. The summed E-state index contributed by atoms with van der Waals surface area (Å²) < 4.78 is 1.64. The number of carbonyl (C=O) groups is 1. The zero-order valence-corrected chi connectivity index (χ0v) is 9.03. The van der Waals surface area contributed by atoms with Crippen LogP contribution in [-0.4, -0.2) is 35.7 Å². The molecule has 0 rings (SSSR count). The average Bonchev–Trinajstić information content (AvgIpc) is 2.10. The summed E-state index contributed by atoms with van der Waals surface area (Å²) in [5, 5.41) is 0. The minimum absolute atomic E-state index is 0.0135. The third-order valence-electron chi connectivity index (χ3n) is 1.06. The molecular formula is C9H11N2OV-. The molecule has 0 aromatic rings. The number of nitrogens with zero attached hydrogens (tertiary/aromatic N) is 2. The van der Waals surface area contributed by atoms with E-state index in [1.54, 1.807) is 15.8 Å². The zero-order valence-electron chi connectivity index (χ0n) is 7.64. The monoisotopic (exact) mass is 214 g/mol. The second kappa shape index (κ2) is 6.58. The first-order valence-electron chi connectivity index (χ1n) is 3.59. The first-order valence-corrected chi connectivity index (χ1v) is 4.40. The van der Waals surface area contributed by atoms with Crippen molar-refractivity contribution in [1.29, 1.82) is 0 Å². The van der Waals surface area contributed by atoms with Gasteiger partial charge in [0.05, 0.1) is 0 Å². The van der Waals surface area contributed by atoms with Crippen molar-refractivity contribution in [3.63, 3.8) is 0 Å². The topological polar surface area (TPSA) is 32.7 Å². The molecule has 0 saturated carbocycles. The van der Waals surface area contributed by atoms with Crippen LogP contribution in [0.25, 0.3) is 0 Å². The number of ketones is 1. The summed E-state index contributed by atoms with van der Waals surface area (Å²) in [6.07, 6.45) is 4.45. The van der Waals surface area contributed by atoms with Gasteiger partial charge in [-0.3, -0.25) is 0 Å². The van der Waals surface area contributed by atoms with Crippen LogP contribution >= 0.6 is 0 Å². The molecule has 4 heteroatoms. The molecule has 13 heavy (non-hydrogen) atoms. The van der Waals surface area contributed by atoms with Crippen LogP contribution in [0, 0.1) is 6.58 Å². The Bertz CT molecular complexity index is 267. The molecule has 0 heterocycles. The molecule has 0 aromatic heterocycles. The Morgan fingerprint density at radius 1 is 1.54 bits per heavy atom. The Hall–Kier alpha value is -0.926. The minimum atomic E-state index is -0.292. The molecule has 0 spiro atoms. The maximum absolute atomic E-state index is 11.1. The SMILES string of the molecule is [CH-]=C(N=C[CH]=[V])C(=O)/C=C/N(C)C. The van der Waals surface area contributed by atoms with Gasteiger partial charge in [-0.25, -0.2) is 0 Å². The third-order valence-corrected chi connectivity index (χ3v) is 1.26. The van der Waals surface area contributed by atoms with Gasteiger partial charge in [-0.15, -0.1) is 0 Å². The fourth-order valence-electron chi connectivity index (χ4n) is 0.479. The van der Waals surface area contributed by atoms with Crippen LogP contribution in [0.1, 0.15) is 0 Å². The summed E-state index contributed by atoms with van der Waals surface area (Å²) in [6.45, 7) is 5.36. The van der Waals surface area contributed by atoms with Crippen LogP contribution in [0.2, 0.25) is 0 Å². The van der Waals surface area contributed by atoms with Gasteiger partial charge in [0.2, 0.25) is 0 Å². The van der Waals surface area contributed by atoms with E-state index in [0.717, 1.165) is 0 Å². The average molecular weight is 214 g/mol. The summed E-state index contributed by atoms with van der Waals surface area (Å²) in [5.74, 6) is -0.292. The molecule has 0 fully saturated rings. The molecular weight excluding hydrogens is 203 g/mol. The summed E-state index contributed by atoms with van der Waals surface area (Å²) in [5.41, 5.74) is -0.0135. The van der Waals surface area contributed by atoms with Gasteiger partial charge in [-0.2, -0.15) is 0 Å². The molecule has 3 nitrogen and oxygen atoms in total. The molecule has 0 aliphatic heterocycles. The van der Waals surface area contributed by atoms with E-state index >= 15 is 0 Å². The number of carbonyl (C=O) groups excluding carboxylic acids is 1. The standard InChI is InChI=1S/C9H11N2O.V/c1-5-10-8(2)9(12)6-7-11(3)4;/h1-2,5-7H,3-4H3;/q-1;/b7-6+,10-5?;. The number of hydrogen-bond donors (Lipinski definition) is 0.